The van der Waals surface area contributed by atoms with Gasteiger partial charge >= 0.3 is 0 Å². The molecule has 1 aliphatic rings. The second-order valence-corrected chi connectivity index (χ2v) is 8.20. The number of carbonyl (C=O) groups excluding carboxylic acids is 1. The van der Waals surface area contributed by atoms with Crippen molar-refractivity contribution in [3.8, 4) is 0 Å². The zero-order valence-corrected chi connectivity index (χ0v) is 13.1. The molecule has 1 fully saturated rings. The minimum Gasteiger partial charge on any atom is -0.351 e. The van der Waals surface area contributed by atoms with E-state index in [1.807, 2.05) is 5.38 Å². The zero-order chi connectivity index (χ0) is 14.6. The van der Waals surface area contributed by atoms with E-state index in [2.05, 4.69) is 23.6 Å². The molecule has 20 heavy (non-hydrogen) atoms. The van der Waals surface area contributed by atoms with Crippen LogP contribution < -0.4 is 10.6 Å². The molecule has 1 aliphatic heterocycles. The average molecular weight is 316 g/mol. The summed E-state index contributed by atoms with van der Waals surface area (Å²) < 4.78 is 23.0. The number of aryl methyl sites for hydroxylation is 1. The van der Waals surface area contributed by atoms with Gasteiger partial charge in [0.15, 0.2) is 9.84 Å². The van der Waals surface area contributed by atoms with Gasteiger partial charge in [0.05, 0.1) is 18.1 Å². The molecule has 2 rings (SSSR count). The van der Waals surface area contributed by atoms with E-state index in [1.54, 1.807) is 11.3 Å². The molecular formula is C13H20N2O3S2. The molecule has 0 saturated carbocycles. The van der Waals surface area contributed by atoms with Gasteiger partial charge in [-0.2, -0.15) is 0 Å². The van der Waals surface area contributed by atoms with Crippen molar-refractivity contribution in [2.45, 2.75) is 32.4 Å². The Bertz CT molecular complexity index is 566. The van der Waals surface area contributed by atoms with Gasteiger partial charge in [-0.1, -0.05) is 6.92 Å². The predicted octanol–water partition coefficient (Wildman–Crippen LogP) is 0.703. The highest BCUT2D eigenvalue weighted by Gasteiger charge is 2.25. The van der Waals surface area contributed by atoms with Crippen molar-refractivity contribution in [1.82, 2.24) is 10.6 Å². The molecule has 0 aliphatic carbocycles. The Hall–Kier alpha value is -0.920. The zero-order valence-electron chi connectivity index (χ0n) is 11.5. The fourth-order valence-electron chi connectivity index (χ4n) is 2.31. The smallest absolute Gasteiger partial charge is 0.221 e. The summed E-state index contributed by atoms with van der Waals surface area (Å²) in [5, 5.41) is 7.98. The molecule has 1 amide bonds. The van der Waals surface area contributed by atoms with Crippen LogP contribution >= 0.6 is 11.3 Å². The third-order valence-electron chi connectivity index (χ3n) is 3.40. The van der Waals surface area contributed by atoms with E-state index in [1.165, 1.54) is 10.4 Å². The molecule has 1 aromatic heterocycles. The van der Waals surface area contributed by atoms with Gasteiger partial charge in [0, 0.05) is 23.9 Å². The number of thiophene rings is 1. The van der Waals surface area contributed by atoms with Crippen LogP contribution in [0.25, 0.3) is 0 Å². The lowest BCUT2D eigenvalue weighted by molar-refractivity contribution is -0.121. The summed E-state index contributed by atoms with van der Waals surface area (Å²) in [6, 6.07) is 1.81. The Balaban J connectivity index is 1.81. The summed E-state index contributed by atoms with van der Waals surface area (Å²) in [5.74, 6) is 0.120. The maximum absolute atomic E-state index is 11.9. The largest absolute Gasteiger partial charge is 0.351 e. The minimum absolute atomic E-state index is 0.0552. The number of nitrogens with one attached hydrogen (secondary N) is 2. The lowest BCUT2D eigenvalue weighted by atomic mass is 10.2. The molecule has 0 spiro atoms. The Kier molecular flexibility index (Phi) is 5.17. The van der Waals surface area contributed by atoms with Gasteiger partial charge < -0.3 is 10.6 Å². The lowest BCUT2D eigenvalue weighted by Gasteiger charge is -2.23. The maximum Gasteiger partial charge on any atom is 0.221 e. The normalized spacial score (nSPS) is 21.6. The van der Waals surface area contributed by atoms with E-state index in [0.29, 0.717) is 13.1 Å². The van der Waals surface area contributed by atoms with Crippen molar-refractivity contribution in [3.05, 3.63) is 21.9 Å². The molecule has 112 valence electrons. The molecule has 0 aromatic carbocycles. The molecular weight excluding hydrogens is 296 g/mol. The second-order valence-electron chi connectivity index (χ2n) is 4.97. The van der Waals surface area contributed by atoms with Crippen molar-refractivity contribution in [3.63, 3.8) is 0 Å². The van der Waals surface area contributed by atoms with Gasteiger partial charge in [-0.25, -0.2) is 8.42 Å². The molecule has 1 unspecified atom stereocenters. The number of carbonyl (C=O) groups is 1. The van der Waals surface area contributed by atoms with Crippen molar-refractivity contribution in [2.24, 2.45) is 0 Å². The first kappa shape index (κ1) is 15.5. The average Bonchev–Trinajstić information content (AvgIpc) is 2.82. The lowest BCUT2D eigenvalue weighted by Crippen LogP contribution is -2.47. The van der Waals surface area contributed by atoms with Gasteiger partial charge in [-0.15, -0.1) is 11.3 Å². The fraction of sp³-hybridized carbons (Fsp3) is 0.615. The number of hydrogen-bond donors (Lipinski definition) is 2. The summed E-state index contributed by atoms with van der Waals surface area (Å²) in [6.45, 7) is 3.05. The van der Waals surface area contributed by atoms with E-state index in [0.717, 1.165) is 6.42 Å². The first-order valence-corrected chi connectivity index (χ1v) is 9.46. The molecule has 7 heteroatoms. The van der Waals surface area contributed by atoms with Crippen molar-refractivity contribution < 1.29 is 13.2 Å². The van der Waals surface area contributed by atoms with E-state index in [4.69, 9.17) is 0 Å². The first-order valence-electron chi connectivity index (χ1n) is 6.76. The van der Waals surface area contributed by atoms with Gasteiger partial charge in [-0.3, -0.25) is 4.79 Å². The molecule has 1 atom stereocenters. The highest BCUT2D eigenvalue weighted by atomic mass is 32.2. The topological polar surface area (TPSA) is 75.3 Å². The van der Waals surface area contributed by atoms with Crippen LogP contribution in [0.5, 0.6) is 0 Å². The van der Waals surface area contributed by atoms with Crippen LogP contribution in [0.15, 0.2) is 11.4 Å². The highest BCUT2D eigenvalue weighted by molar-refractivity contribution is 7.91. The Labute approximate surface area is 123 Å². The van der Waals surface area contributed by atoms with E-state index in [-0.39, 0.29) is 29.9 Å². The third kappa shape index (κ3) is 4.29. The van der Waals surface area contributed by atoms with Gasteiger partial charge in [-0.05, 0) is 23.4 Å². The van der Waals surface area contributed by atoms with Crippen LogP contribution in [0.2, 0.25) is 0 Å². The van der Waals surface area contributed by atoms with Crippen LogP contribution in [0.3, 0.4) is 0 Å². The van der Waals surface area contributed by atoms with Crippen molar-refractivity contribution in [1.29, 1.82) is 0 Å². The summed E-state index contributed by atoms with van der Waals surface area (Å²) in [4.78, 5) is 13.0. The molecule has 0 radical (unpaired) electrons. The molecule has 2 heterocycles. The maximum atomic E-state index is 11.9. The Morgan fingerprint density at radius 2 is 2.35 bits per heavy atom. The quantitative estimate of drug-likeness (QED) is 0.839. The summed E-state index contributed by atoms with van der Waals surface area (Å²) in [5.41, 5.74) is 1.26. The van der Waals surface area contributed by atoms with E-state index < -0.39 is 9.84 Å². The van der Waals surface area contributed by atoms with Crippen LogP contribution in [0.4, 0.5) is 0 Å². The highest BCUT2D eigenvalue weighted by Crippen LogP contribution is 2.17. The fourth-order valence-corrected chi connectivity index (χ4v) is 4.67. The van der Waals surface area contributed by atoms with Gasteiger partial charge in [0.2, 0.25) is 5.91 Å². The second kappa shape index (κ2) is 6.69. The minimum atomic E-state index is -2.99. The van der Waals surface area contributed by atoms with Crippen LogP contribution in [0, 0.1) is 0 Å². The summed E-state index contributed by atoms with van der Waals surface area (Å²) in [6.07, 6.45) is 1.17. The number of hydrogen-bond acceptors (Lipinski definition) is 5. The van der Waals surface area contributed by atoms with Gasteiger partial charge in [0.1, 0.15) is 0 Å². The molecule has 0 bridgehead atoms. The SMILES string of the molecule is CCc1ccsc1CNC(=O)CC1CS(=O)(=O)CCN1. The van der Waals surface area contributed by atoms with Crippen molar-refractivity contribution >= 4 is 27.1 Å². The monoisotopic (exact) mass is 316 g/mol. The third-order valence-corrected chi connectivity index (χ3v) is 6.10. The summed E-state index contributed by atoms with van der Waals surface area (Å²) in [7, 11) is -2.99. The Morgan fingerprint density at radius 1 is 1.55 bits per heavy atom. The standard InChI is InChI=1S/C13H20N2O3S2/c1-2-10-3-5-19-12(10)8-15-13(16)7-11-9-20(17,18)6-4-14-11/h3,5,11,14H,2,4,6-9H2,1H3,(H,15,16). The van der Waals surface area contributed by atoms with E-state index >= 15 is 0 Å². The number of rotatable bonds is 5. The number of sulfone groups is 1. The predicted molar refractivity (Wildman–Crippen MR) is 80.6 cm³/mol. The molecule has 1 aromatic rings. The van der Waals surface area contributed by atoms with E-state index in [9.17, 15) is 13.2 Å². The number of amides is 1. The Morgan fingerprint density at radius 3 is 3.05 bits per heavy atom. The molecule has 2 N–H and O–H groups in total. The van der Waals surface area contributed by atoms with Crippen LogP contribution in [-0.4, -0.2) is 38.4 Å². The molecule has 5 nitrogen and oxygen atoms in total. The first-order chi connectivity index (χ1) is 9.50. The molecule has 1 saturated heterocycles. The van der Waals surface area contributed by atoms with Gasteiger partial charge in [0.25, 0.3) is 0 Å². The van der Waals surface area contributed by atoms with Crippen LogP contribution in [0.1, 0.15) is 23.8 Å². The summed E-state index contributed by atoms with van der Waals surface area (Å²) >= 11 is 1.64. The van der Waals surface area contributed by atoms with Crippen LogP contribution in [-0.2, 0) is 27.6 Å². The van der Waals surface area contributed by atoms with Crippen molar-refractivity contribution in [2.75, 3.05) is 18.1 Å².